The minimum atomic E-state index is -3.62. The molecule has 2 amide bonds. The number of piperazine rings is 1. The molecule has 48 heavy (non-hydrogen) atoms. The number of fused-ring (bicyclic) bond motifs is 2. The summed E-state index contributed by atoms with van der Waals surface area (Å²) >= 11 is 6.18. The maximum absolute atomic E-state index is 15.4. The first-order chi connectivity index (χ1) is 23.0. The van der Waals surface area contributed by atoms with Gasteiger partial charge in [0.1, 0.15) is 11.9 Å². The van der Waals surface area contributed by atoms with Crippen molar-refractivity contribution in [2.24, 2.45) is 11.0 Å². The average molecular weight is 705 g/mol. The van der Waals surface area contributed by atoms with Crippen LogP contribution in [0.2, 0.25) is 5.02 Å². The zero-order valence-electron chi connectivity index (χ0n) is 26.9. The maximum Gasteiger partial charge on any atom is 0.407 e. The van der Waals surface area contributed by atoms with Crippen molar-refractivity contribution in [3.05, 3.63) is 74.9 Å². The number of halogens is 2. The number of carbonyl (C=O) groups is 2. The molecule has 12 nitrogen and oxygen atoms in total. The number of hydrogen-bond acceptors (Lipinski definition) is 6. The minimum Gasteiger partial charge on any atom is -0.465 e. The van der Waals surface area contributed by atoms with Gasteiger partial charge >= 0.3 is 6.09 Å². The Hall–Kier alpha value is -3.42. The molecule has 2 aliphatic heterocycles. The molecule has 2 heterocycles. The third-order valence-corrected chi connectivity index (χ3v) is 12.2. The molecule has 3 aliphatic rings. The van der Waals surface area contributed by atoms with E-state index in [1.807, 2.05) is 19.1 Å². The topological polar surface area (TPSA) is 165 Å². The van der Waals surface area contributed by atoms with Gasteiger partial charge in [0, 0.05) is 58.9 Å². The third kappa shape index (κ3) is 8.23. The summed E-state index contributed by atoms with van der Waals surface area (Å²) in [5, 5.41) is 17.2. The summed E-state index contributed by atoms with van der Waals surface area (Å²) in [4.78, 5) is 30.4. The van der Waals surface area contributed by atoms with Crippen LogP contribution in [0.3, 0.4) is 0 Å². The van der Waals surface area contributed by atoms with E-state index in [-0.39, 0.29) is 55.0 Å². The second-order valence-electron chi connectivity index (χ2n) is 12.8. The van der Waals surface area contributed by atoms with E-state index in [0.29, 0.717) is 24.5 Å². The van der Waals surface area contributed by atoms with Crippen molar-refractivity contribution in [3.63, 3.8) is 0 Å². The molecule has 3 fully saturated rings. The summed E-state index contributed by atoms with van der Waals surface area (Å²) < 4.78 is 48.8. The maximum atomic E-state index is 15.4. The molecule has 260 valence electrons. The van der Waals surface area contributed by atoms with Gasteiger partial charge in [0.2, 0.25) is 15.9 Å². The molecular weight excluding hydrogens is 663 g/mol. The molecular formula is C33H42ClFN6O6S. The van der Waals surface area contributed by atoms with Crippen LogP contribution in [0.1, 0.15) is 68.9 Å². The lowest BCUT2D eigenvalue weighted by Crippen LogP contribution is -2.60. The van der Waals surface area contributed by atoms with Crippen LogP contribution in [0.15, 0.2) is 47.6 Å². The first kappa shape index (κ1) is 35.9. The number of carboxylic acid groups (broad SMARTS) is 1. The number of azide groups is 1. The van der Waals surface area contributed by atoms with Crippen LogP contribution < -0.4 is 5.32 Å². The van der Waals surface area contributed by atoms with Gasteiger partial charge < -0.3 is 20.1 Å². The van der Waals surface area contributed by atoms with E-state index in [9.17, 15) is 28.6 Å². The van der Waals surface area contributed by atoms with Crippen LogP contribution in [0.4, 0.5) is 14.9 Å². The van der Waals surface area contributed by atoms with Crippen molar-refractivity contribution in [3.8, 4) is 0 Å². The second-order valence-corrected chi connectivity index (χ2v) is 15.3. The highest BCUT2D eigenvalue weighted by Crippen LogP contribution is 2.41. The highest BCUT2D eigenvalue weighted by molar-refractivity contribution is 7.89. The van der Waals surface area contributed by atoms with Gasteiger partial charge in [-0.1, -0.05) is 34.9 Å². The molecule has 0 aromatic heterocycles. The molecule has 0 spiro atoms. The number of anilines is 1. The normalized spacial score (nSPS) is 26.4. The Kier molecular flexibility index (Phi) is 11.9. The Labute approximate surface area is 285 Å². The highest BCUT2D eigenvalue weighted by Gasteiger charge is 2.43. The predicted octanol–water partition coefficient (Wildman–Crippen LogP) is 6.56. The molecule has 1 aliphatic carbocycles. The van der Waals surface area contributed by atoms with Crippen LogP contribution in [-0.2, 0) is 26.0 Å². The molecule has 2 N–H and O–H groups in total. The number of nitrogens with zero attached hydrogens (tertiary/aromatic N) is 5. The number of carbonyl (C=O) groups excluding carboxylic acids is 1. The molecule has 5 rings (SSSR count). The first-order valence-corrected chi connectivity index (χ1v) is 18.5. The Bertz CT molecular complexity index is 1620. The molecule has 0 radical (unpaired) electrons. The van der Waals surface area contributed by atoms with E-state index in [1.54, 1.807) is 18.2 Å². The molecule has 1 saturated carbocycles. The van der Waals surface area contributed by atoms with Crippen molar-refractivity contribution < 1.29 is 32.2 Å². The first-order valence-electron chi connectivity index (χ1n) is 16.5. The van der Waals surface area contributed by atoms with Gasteiger partial charge in [-0.3, -0.25) is 4.79 Å². The largest absolute Gasteiger partial charge is 0.465 e. The van der Waals surface area contributed by atoms with E-state index in [4.69, 9.17) is 16.3 Å². The molecule has 2 saturated heterocycles. The van der Waals surface area contributed by atoms with E-state index < -0.39 is 51.9 Å². The third-order valence-electron chi connectivity index (χ3n) is 9.96. The zero-order chi connectivity index (χ0) is 34.4. The van der Waals surface area contributed by atoms with Gasteiger partial charge in [-0.05, 0) is 99.6 Å². The van der Waals surface area contributed by atoms with Gasteiger partial charge in [-0.25, -0.2) is 17.6 Å². The molecule has 5 atom stereocenters. The Morgan fingerprint density at radius 2 is 1.88 bits per heavy atom. The number of nitrogens with one attached hydrogen (secondary N) is 1. The van der Waals surface area contributed by atoms with E-state index in [0.717, 1.165) is 31.2 Å². The lowest BCUT2D eigenvalue weighted by Gasteiger charge is -2.43. The van der Waals surface area contributed by atoms with E-state index in [1.165, 1.54) is 21.3 Å². The van der Waals surface area contributed by atoms with Crippen LogP contribution in [0.5, 0.6) is 0 Å². The molecule has 2 bridgehead atoms. The number of hydrogen-bond donors (Lipinski definition) is 2. The fourth-order valence-corrected chi connectivity index (χ4v) is 9.55. The van der Waals surface area contributed by atoms with Gasteiger partial charge in [0.05, 0.1) is 11.9 Å². The fourth-order valence-electron chi connectivity index (χ4n) is 7.64. The summed E-state index contributed by atoms with van der Waals surface area (Å²) in [5.74, 6) is -1.75. The van der Waals surface area contributed by atoms with Crippen molar-refractivity contribution in [1.29, 1.82) is 0 Å². The fraction of sp³-hybridized carbons (Fsp3) is 0.576. The Morgan fingerprint density at radius 1 is 1.15 bits per heavy atom. The van der Waals surface area contributed by atoms with Crippen LogP contribution in [0, 0.1) is 11.7 Å². The molecule has 2 aromatic carbocycles. The lowest BCUT2D eigenvalue weighted by molar-refractivity contribution is -0.118. The summed E-state index contributed by atoms with van der Waals surface area (Å²) in [6, 6.07) is 9.10. The van der Waals surface area contributed by atoms with Gasteiger partial charge in [0.15, 0.2) is 0 Å². The Morgan fingerprint density at radius 3 is 2.54 bits per heavy atom. The number of benzene rings is 2. The van der Waals surface area contributed by atoms with Crippen LogP contribution >= 0.6 is 11.6 Å². The van der Waals surface area contributed by atoms with Crippen molar-refractivity contribution >= 4 is 39.3 Å². The highest BCUT2D eigenvalue weighted by atomic mass is 35.5. The smallest absolute Gasteiger partial charge is 0.407 e. The predicted molar refractivity (Wildman–Crippen MR) is 180 cm³/mol. The van der Waals surface area contributed by atoms with Crippen molar-refractivity contribution in [2.45, 2.75) is 88.4 Å². The van der Waals surface area contributed by atoms with Crippen molar-refractivity contribution in [1.82, 2.24) is 9.21 Å². The summed E-state index contributed by atoms with van der Waals surface area (Å²) in [5.41, 5.74) is 10.7. The number of amides is 2. The molecule has 15 heteroatoms. The van der Waals surface area contributed by atoms with Gasteiger partial charge in [-0.15, -0.1) is 0 Å². The van der Waals surface area contributed by atoms with E-state index >= 15 is 4.39 Å². The second kappa shape index (κ2) is 15.9. The monoisotopic (exact) mass is 704 g/mol. The van der Waals surface area contributed by atoms with E-state index in [2.05, 4.69) is 15.3 Å². The standard InChI is InChI=1S/C33H42ClFN6O6S/c1-2-47-26-15-10-22(11-16-26)30(21-8-12-23(34)13-9-21)31(38-39-36)32(42)37-29-7-3-6-28(35)27(29)17-14-25-19-40(33(43)44)24-5-4-18-48(45,46)41(25)20-24/h3,6-9,12-13,22,24-26,30-31H,2,4-5,10-11,14-20H2,1H3,(H,37,42)(H,43,44)/t22-,24?,25?,26-,30?,31?. The van der Waals surface area contributed by atoms with Crippen molar-refractivity contribution in [2.75, 3.05) is 30.8 Å². The Balaban J connectivity index is 1.39. The number of sulfonamides is 1. The van der Waals surface area contributed by atoms with Crippen LogP contribution in [0.25, 0.3) is 10.4 Å². The van der Waals surface area contributed by atoms with Crippen LogP contribution in [-0.4, -0.2) is 84.4 Å². The number of rotatable bonds is 11. The summed E-state index contributed by atoms with van der Waals surface area (Å²) in [6.07, 6.45) is 3.10. The SMILES string of the molecule is CCO[C@H]1CC[C@H](C(c2ccc(Cl)cc2)C(N=[N+]=[N-])C(=O)Nc2cccc(F)c2CCC2CN(C(=O)O)C3CCCS(=O)(=O)N2C3)CC1. The summed E-state index contributed by atoms with van der Waals surface area (Å²) in [6.45, 7) is 2.61. The lowest BCUT2D eigenvalue weighted by atomic mass is 9.72. The number of ether oxygens (including phenoxy) is 1. The average Bonchev–Trinajstić information content (AvgIpc) is 3.18. The molecule has 5 unspecified atom stereocenters. The zero-order valence-corrected chi connectivity index (χ0v) is 28.5. The summed E-state index contributed by atoms with van der Waals surface area (Å²) in [7, 11) is -3.62. The quantitative estimate of drug-likeness (QED) is 0.153. The molecule has 2 aromatic rings. The van der Waals surface area contributed by atoms with Gasteiger partial charge in [-0.2, -0.15) is 4.31 Å². The van der Waals surface area contributed by atoms with Gasteiger partial charge in [0.25, 0.3) is 0 Å². The minimum absolute atomic E-state index is 0.000932.